The molecule has 0 unspecified atom stereocenters. The summed E-state index contributed by atoms with van der Waals surface area (Å²) >= 11 is 6.21. The lowest BCUT2D eigenvalue weighted by Gasteiger charge is -2.63. The van der Waals surface area contributed by atoms with E-state index in [1.54, 1.807) is 6.92 Å². The van der Waals surface area contributed by atoms with Gasteiger partial charge in [-0.2, -0.15) is 0 Å². The number of amides is 1. The number of halogens is 3. The van der Waals surface area contributed by atoms with Crippen LogP contribution < -0.4 is 11.1 Å². The third kappa shape index (κ3) is 3.47. The van der Waals surface area contributed by atoms with Gasteiger partial charge in [0.25, 0.3) is 0 Å². The van der Waals surface area contributed by atoms with E-state index in [1.807, 2.05) is 31.2 Å². The van der Waals surface area contributed by atoms with Crippen molar-refractivity contribution in [3.05, 3.63) is 58.7 Å². The molecule has 0 spiro atoms. The lowest BCUT2D eigenvalue weighted by Crippen LogP contribution is -2.70. The molecule has 1 heterocycles. The van der Waals surface area contributed by atoms with Crippen molar-refractivity contribution in [3.63, 3.8) is 0 Å². The summed E-state index contributed by atoms with van der Waals surface area (Å²) in [4.78, 5) is 28.3. The first-order valence-electron chi connectivity index (χ1n) is 13.8. The summed E-state index contributed by atoms with van der Waals surface area (Å²) in [6.07, 6.45) is 1.49. The predicted molar refractivity (Wildman–Crippen MR) is 144 cm³/mol. The minimum atomic E-state index is -2.16. The second-order valence-electron chi connectivity index (χ2n) is 12.8. The van der Waals surface area contributed by atoms with E-state index in [1.165, 1.54) is 18.2 Å². The zero-order valence-electron chi connectivity index (χ0n) is 22.3. The van der Waals surface area contributed by atoms with Crippen LogP contribution in [-0.4, -0.2) is 59.4 Å². The number of aliphatic hydroxyl groups excluding tert-OH is 1. The van der Waals surface area contributed by atoms with Crippen molar-refractivity contribution in [1.29, 1.82) is 0 Å². The van der Waals surface area contributed by atoms with Crippen molar-refractivity contribution in [2.24, 2.45) is 39.7 Å². The molecule has 210 valence electrons. The standard InChI is InChI=1S/C30H36ClF2N3O3/c1-27-7-6-20(37)10-23(27)24(32)11-22-21-9-18-14-36(13-17-4-3-5-19(31)8-17)15-29(18,26(39)35-16-34)28(21,2)12-25(38)30(22,27)33/h3-8,10,18,21-22,24-25,38H,9,11-16,34H2,1-2H3,(H,35,39)/t18-,21-,22-,24-,25-,27-,28-,29+,30-/m0/s1. The van der Waals surface area contributed by atoms with Crippen LogP contribution >= 0.6 is 11.6 Å². The van der Waals surface area contributed by atoms with Gasteiger partial charge < -0.3 is 16.2 Å². The zero-order valence-corrected chi connectivity index (χ0v) is 23.1. The largest absolute Gasteiger partial charge is 0.390 e. The number of benzene rings is 1. The second kappa shape index (κ2) is 8.93. The normalized spacial score (nSPS) is 44.7. The van der Waals surface area contributed by atoms with Crippen molar-refractivity contribution in [2.45, 2.75) is 57.6 Å². The van der Waals surface area contributed by atoms with E-state index in [0.717, 1.165) is 5.56 Å². The van der Waals surface area contributed by atoms with Crippen molar-refractivity contribution >= 4 is 23.3 Å². The number of likely N-dealkylation sites (tertiary alicyclic amines) is 1. The van der Waals surface area contributed by atoms with Crippen LogP contribution in [0.2, 0.25) is 5.02 Å². The highest BCUT2D eigenvalue weighted by molar-refractivity contribution is 6.30. The number of ketones is 1. The van der Waals surface area contributed by atoms with Crippen LogP contribution in [0.25, 0.3) is 0 Å². The van der Waals surface area contributed by atoms with Gasteiger partial charge in [-0.25, -0.2) is 8.78 Å². The Morgan fingerprint density at radius 1 is 1.28 bits per heavy atom. The minimum absolute atomic E-state index is 0.0288. The molecule has 39 heavy (non-hydrogen) atoms. The van der Waals surface area contributed by atoms with Crippen molar-refractivity contribution in [3.8, 4) is 0 Å². The van der Waals surface area contributed by atoms with Crippen molar-refractivity contribution in [2.75, 3.05) is 19.8 Å². The maximum atomic E-state index is 17.5. The summed E-state index contributed by atoms with van der Waals surface area (Å²) in [7, 11) is 0. The molecule has 0 bridgehead atoms. The van der Waals surface area contributed by atoms with Gasteiger partial charge in [0.05, 0.1) is 18.2 Å². The second-order valence-corrected chi connectivity index (χ2v) is 13.2. The van der Waals surface area contributed by atoms with Crippen LogP contribution in [0, 0.1) is 34.0 Å². The van der Waals surface area contributed by atoms with Crippen LogP contribution in [0.1, 0.15) is 38.7 Å². The quantitative estimate of drug-likeness (QED) is 0.489. The van der Waals surface area contributed by atoms with E-state index in [-0.39, 0.29) is 48.6 Å². The fourth-order valence-corrected chi connectivity index (χ4v) is 9.74. The molecule has 6 rings (SSSR count). The Bertz CT molecular complexity index is 1290. The molecule has 4 fully saturated rings. The molecule has 1 aliphatic heterocycles. The van der Waals surface area contributed by atoms with E-state index in [9.17, 15) is 14.7 Å². The molecule has 9 atom stereocenters. The monoisotopic (exact) mass is 559 g/mol. The average molecular weight is 560 g/mol. The smallest absolute Gasteiger partial charge is 0.229 e. The Kier molecular flexibility index (Phi) is 6.20. The lowest BCUT2D eigenvalue weighted by atomic mass is 9.43. The molecule has 0 aromatic heterocycles. The summed E-state index contributed by atoms with van der Waals surface area (Å²) in [5.74, 6) is -1.80. The van der Waals surface area contributed by atoms with E-state index < -0.39 is 40.1 Å². The number of nitrogens with one attached hydrogen (secondary N) is 1. The van der Waals surface area contributed by atoms with Gasteiger partial charge in [0.1, 0.15) is 6.17 Å². The third-order valence-corrected chi connectivity index (χ3v) is 11.4. The highest BCUT2D eigenvalue weighted by Crippen LogP contribution is 2.74. The number of hydrogen-bond donors (Lipinski definition) is 3. The maximum Gasteiger partial charge on any atom is 0.229 e. The number of rotatable bonds is 4. The minimum Gasteiger partial charge on any atom is -0.390 e. The molecular weight excluding hydrogens is 524 g/mol. The van der Waals surface area contributed by atoms with E-state index >= 15 is 8.78 Å². The topological polar surface area (TPSA) is 95.7 Å². The number of nitrogens with zero attached hydrogens (tertiary/aromatic N) is 1. The van der Waals surface area contributed by atoms with Gasteiger partial charge >= 0.3 is 0 Å². The lowest BCUT2D eigenvalue weighted by molar-refractivity contribution is -0.212. The summed E-state index contributed by atoms with van der Waals surface area (Å²) in [6, 6.07) is 7.62. The number of aliphatic hydroxyl groups is 1. The van der Waals surface area contributed by atoms with Gasteiger partial charge in [0.15, 0.2) is 11.5 Å². The number of carbonyl (C=O) groups excluding carboxylic acids is 2. The number of allylic oxidation sites excluding steroid dienone is 4. The third-order valence-electron chi connectivity index (χ3n) is 11.2. The average Bonchev–Trinajstić information content (AvgIpc) is 3.35. The van der Waals surface area contributed by atoms with Gasteiger partial charge in [-0.3, -0.25) is 14.5 Å². The first-order valence-corrected chi connectivity index (χ1v) is 14.2. The van der Waals surface area contributed by atoms with Gasteiger partial charge in [0, 0.05) is 36.0 Å². The highest BCUT2D eigenvalue weighted by atomic mass is 35.5. The molecule has 1 saturated heterocycles. The maximum absolute atomic E-state index is 17.5. The highest BCUT2D eigenvalue weighted by Gasteiger charge is 2.78. The molecule has 3 saturated carbocycles. The van der Waals surface area contributed by atoms with Crippen molar-refractivity contribution < 1.29 is 23.5 Å². The molecule has 6 nitrogen and oxygen atoms in total. The van der Waals surface area contributed by atoms with Crippen molar-refractivity contribution in [1.82, 2.24) is 10.2 Å². The Morgan fingerprint density at radius 2 is 2.05 bits per heavy atom. The summed E-state index contributed by atoms with van der Waals surface area (Å²) in [5, 5.41) is 15.2. The number of fused-ring (bicyclic) bond motifs is 7. The Hall–Kier alpha value is -2.13. The first kappa shape index (κ1) is 27.1. The number of alkyl halides is 2. The molecule has 0 radical (unpaired) electrons. The first-order chi connectivity index (χ1) is 18.4. The van der Waals surface area contributed by atoms with Crippen LogP contribution in [-0.2, 0) is 16.1 Å². The summed E-state index contributed by atoms with van der Waals surface area (Å²) in [6.45, 7) is 5.21. The fourth-order valence-electron chi connectivity index (χ4n) is 9.52. The summed E-state index contributed by atoms with van der Waals surface area (Å²) < 4.78 is 33.3. The van der Waals surface area contributed by atoms with Gasteiger partial charge in [-0.1, -0.05) is 36.7 Å². The SMILES string of the molecule is C[C@]12C=CC(=O)C=C1[C@@H](F)C[C@H]1[C@@H]3C[C@H]4CN(Cc5cccc(Cl)c5)C[C@@]4(C(=O)NCN)[C@@]3(C)C[C@H](O)[C@@]12F. The van der Waals surface area contributed by atoms with Crippen LogP contribution in [0.4, 0.5) is 8.78 Å². The fraction of sp³-hybridized carbons (Fsp3) is 0.600. The molecule has 1 amide bonds. The molecule has 4 aliphatic carbocycles. The Balaban J connectivity index is 1.40. The molecule has 5 aliphatic rings. The van der Waals surface area contributed by atoms with Gasteiger partial charge in [-0.05, 0) is 78.9 Å². The zero-order chi connectivity index (χ0) is 28.0. The van der Waals surface area contributed by atoms with E-state index in [4.69, 9.17) is 17.3 Å². The van der Waals surface area contributed by atoms with Crippen LogP contribution in [0.3, 0.4) is 0 Å². The Morgan fingerprint density at radius 3 is 2.77 bits per heavy atom. The van der Waals surface area contributed by atoms with E-state index in [0.29, 0.717) is 31.1 Å². The number of carbonyl (C=O) groups is 2. The number of nitrogens with two attached hydrogens (primary N) is 1. The van der Waals surface area contributed by atoms with Crippen LogP contribution in [0.15, 0.2) is 48.1 Å². The molecular formula is C30H36ClF2N3O3. The van der Waals surface area contributed by atoms with Gasteiger partial charge in [0.2, 0.25) is 5.91 Å². The number of hydrogen-bond acceptors (Lipinski definition) is 5. The van der Waals surface area contributed by atoms with Crippen LogP contribution in [0.5, 0.6) is 0 Å². The predicted octanol–water partition coefficient (Wildman–Crippen LogP) is 3.72. The molecule has 9 heteroatoms. The summed E-state index contributed by atoms with van der Waals surface area (Å²) in [5.41, 5.74) is 1.62. The Labute approximate surface area is 232 Å². The molecule has 4 N–H and O–H groups in total. The van der Waals surface area contributed by atoms with E-state index in [2.05, 4.69) is 10.2 Å². The molecule has 1 aromatic carbocycles. The van der Waals surface area contributed by atoms with Gasteiger partial charge in [-0.15, -0.1) is 0 Å². The molecule has 1 aromatic rings.